The van der Waals surface area contributed by atoms with E-state index >= 15 is 0 Å². The van der Waals surface area contributed by atoms with E-state index < -0.39 is 5.60 Å². The number of aromatic nitrogens is 1. The van der Waals surface area contributed by atoms with Crippen molar-refractivity contribution in [2.45, 2.75) is 39.0 Å². The van der Waals surface area contributed by atoms with Gasteiger partial charge in [0.05, 0.1) is 13.2 Å². The van der Waals surface area contributed by atoms with Gasteiger partial charge in [-0.1, -0.05) is 6.07 Å². The minimum atomic E-state index is -0.476. The van der Waals surface area contributed by atoms with Gasteiger partial charge in [0.1, 0.15) is 5.60 Å². The lowest BCUT2D eigenvalue weighted by Crippen LogP contribution is -2.63. The molecule has 1 saturated heterocycles. The van der Waals surface area contributed by atoms with E-state index in [0.29, 0.717) is 31.5 Å². The fourth-order valence-corrected chi connectivity index (χ4v) is 2.35. The van der Waals surface area contributed by atoms with Gasteiger partial charge < -0.3 is 25.0 Å². The predicted octanol–water partition coefficient (Wildman–Crippen LogP) is 1.37. The van der Waals surface area contributed by atoms with Gasteiger partial charge in [-0.3, -0.25) is 4.99 Å². The van der Waals surface area contributed by atoms with Crippen molar-refractivity contribution >= 4 is 12.1 Å². The molecule has 0 radical (unpaired) electrons. The maximum absolute atomic E-state index is 11.9. The number of carbonyl (C=O) groups is 1. The molecule has 1 amide bonds. The molecule has 1 aliphatic heterocycles. The molecule has 1 aromatic heterocycles. The molecule has 8 heteroatoms. The molecule has 0 unspecified atom stereocenters. The molecule has 1 aromatic rings. The number of guanidine groups is 1. The standard InChI is InChI=1S/C17H27N5O3/c1-17(2,3)25-16(23)22-10-13(11-22)21-15(18-4)20-9-12-7-6-8-19-14(12)24-5/h6-8,13H,9-11H2,1-5H3,(H2,18,20,21). The minimum absolute atomic E-state index is 0.148. The lowest BCUT2D eigenvalue weighted by molar-refractivity contribution is 0.00701. The van der Waals surface area contributed by atoms with E-state index in [-0.39, 0.29) is 12.1 Å². The maximum atomic E-state index is 11.9. The summed E-state index contributed by atoms with van der Waals surface area (Å²) in [4.78, 5) is 22.0. The Morgan fingerprint density at radius 3 is 2.76 bits per heavy atom. The SMILES string of the molecule is CN=C(NCc1cccnc1OC)NC1CN(C(=O)OC(C)(C)C)C1. The number of nitrogens with zero attached hydrogens (tertiary/aromatic N) is 3. The van der Waals surface area contributed by atoms with Gasteiger partial charge in [-0.15, -0.1) is 0 Å². The molecule has 1 aliphatic rings. The van der Waals surface area contributed by atoms with Gasteiger partial charge in [0.25, 0.3) is 0 Å². The smallest absolute Gasteiger partial charge is 0.410 e. The first kappa shape index (κ1) is 18.8. The van der Waals surface area contributed by atoms with E-state index in [9.17, 15) is 4.79 Å². The van der Waals surface area contributed by atoms with Gasteiger partial charge in [0.2, 0.25) is 5.88 Å². The number of ether oxygens (including phenoxy) is 2. The summed E-state index contributed by atoms with van der Waals surface area (Å²) in [6, 6.07) is 3.95. The lowest BCUT2D eigenvalue weighted by Gasteiger charge is -2.40. The highest BCUT2D eigenvalue weighted by Crippen LogP contribution is 2.15. The molecular weight excluding hydrogens is 322 g/mol. The summed E-state index contributed by atoms with van der Waals surface area (Å²) in [5, 5.41) is 6.51. The highest BCUT2D eigenvalue weighted by atomic mass is 16.6. The molecule has 0 spiro atoms. The largest absolute Gasteiger partial charge is 0.481 e. The van der Waals surface area contributed by atoms with Crippen molar-refractivity contribution in [2.75, 3.05) is 27.2 Å². The van der Waals surface area contributed by atoms with E-state index in [1.807, 2.05) is 32.9 Å². The summed E-state index contributed by atoms with van der Waals surface area (Å²) in [7, 11) is 3.30. The Morgan fingerprint density at radius 1 is 1.44 bits per heavy atom. The van der Waals surface area contributed by atoms with Crippen LogP contribution in [0.2, 0.25) is 0 Å². The molecule has 0 aromatic carbocycles. The third kappa shape index (κ3) is 5.51. The van der Waals surface area contributed by atoms with E-state index in [2.05, 4.69) is 20.6 Å². The average Bonchev–Trinajstić information content (AvgIpc) is 2.51. The Hall–Kier alpha value is -2.51. The van der Waals surface area contributed by atoms with Crippen LogP contribution in [0.15, 0.2) is 23.3 Å². The van der Waals surface area contributed by atoms with Crippen molar-refractivity contribution < 1.29 is 14.3 Å². The predicted molar refractivity (Wildman–Crippen MR) is 95.7 cm³/mol. The first-order valence-electron chi connectivity index (χ1n) is 8.25. The zero-order valence-corrected chi connectivity index (χ0v) is 15.5. The Balaban J connectivity index is 1.78. The topological polar surface area (TPSA) is 88.1 Å². The van der Waals surface area contributed by atoms with Crippen molar-refractivity contribution in [2.24, 2.45) is 4.99 Å². The Morgan fingerprint density at radius 2 is 2.16 bits per heavy atom. The lowest BCUT2D eigenvalue weighted by atomic mass is 10.1. The Kier molecular flexibility index (Phi) is 6.06. The number of likely N-dealkylation sites (tertiary alicyclic amines) is 1. The highest BCUT2D eigenvalue weighted by Gasteiger charge is 2.34. The summed E-state index contributed by atoms with van der Waals surface area (Å²) in [6.45, 7) is 7.30. The first-order chi connectivity index (χ1) is 11.8. The number of carbonyl (C=O) groups excluding carboxylic acids is 1. The quantitative estimate of drug-likeness (QED) is 0.631. The van der Waals surface area contributed by atoms with Crippen molar-refractivity contribution in [3.8, 4) is 5.88 Å². The van der Waals surface area contributed by atoms with Crippen LogP contribution in [0.25, 0.3) is 0 Å². The van der Waals surface area contributed by atoms with Crippen LogP contribution >= 0.6 is 0 Å². The normalized spacial score (nSPS) is 15.4. The van der Waals surface area contributed by atoms with Gasteiger partial charge >= 0.3 is 6.09 Å². The molecule has 25 heavy (non-hydrogen) atoms. The molecule has 0 bridgehead atoms. The molecule has 0 saturated carbocycles. The number of pyridine rings is 1. The molecule has 138 valence electrons. The van der Waals surface area contributed by atoms with Crippen LogP contribution in [0.3, 0.4) is 0 Å². The van der Waals surface area contributed by atoms with E-state index in [0.717, 1.165) is 5.56 Å². The van der Waals surface area contributed by atoms with Crippen molar-refractivity contribution in [3.63, 3.8) is 0 Å². The van der Waals surface area contributed by atoms with Crippen LogP contribution in [0.1, 0.15) is 26.3 Å². The summed E-state index contributed by atoms with van der Waals surface area (Å²) in [5.74, 6) is 1.25. The van der Waals surface area contributed by atoms with Crippen molar-refractivity contribution in [3.05, 3.63) is 23.9 Å². The highest BCUT2D eigenvalue weighted by molar-refractivity contribution is 5.80. The number of hydrogen-bond donors (Lipinski definition) is 2. The second-order valence-electron chi connectivity index (χ2n) is 6.82. The molecule has 2 heterocycles. The average molecular weight is 349 g/mol. The number of rotatable bonds is 4. The number of hydrogen-bond acceptors (Lipinski definition) is 5. The minimum Gasteiger partial charge on any atom is -0.481 e. The van der Waals surface area contributed by atoms with Crippen LogP contribution in [0, 0.1) is 0 Å². The molecule has 2 rings (SSSR count). The third-order valence-electron chi connectivity index (χ3n) is 3.59. The van der Waals surface area contributed by atoms with E-state index in [1.165, 1.54) is 0 Å². The molecule has 2 N–H and O–H groups in total. The van der Waals surface area contributed by atoms with Gasteiger partial charge in [-0.25, -0.2) is 9.78 Å². The molecule has 0 aliphatic carbocycles. The number of amides is 1. The number of aliphatic imine (C=N–C) groups is 1. The summed E-state index contributed by atoms with van der Waals surface area (Å²) < 4.78 is 10.6. The van der Waals surface area contributed by atoms with Crippen LogP contribution in [-0.2, 0) is 11.3 Å². The van der Waals surface area contributed by atoms with Gasteiger partial charge in [0.15, 0.2) is 5.96 Å². The van der Waals surface area contributed by atoms with Gasteiger partial charge in [-0.2, -0.15) is 0 Å². The fraction of sp³-hybridized carbons (Fsp3) is 0.588. The second-order valence-corrected chi connectivity index (χ2v) is 6.82. The number of nitrogens with one attached hydrogen (secondary N) is 2. The van der Waals surface area contributed by atoms with E-state index in [4.69, 9.17) is 9.47 Å². The van der Waals surface area contributed by atoms with Crippen LogP contribution in [-0.4, -0.2) is 60.8 Å². The third-order valence-corrected chi connectivity index (χ3v) is 3.59. The van der Waals surface area contributed by atoms with Crippen LogP contribution in [0.4, 0.5) is 4.79 Å². The van der Waals surface area contributed by atoms with Gasteiger partial charge in [0, 0.05) is 38.4 Å². The first-order valence-corrected chi connectivity index (χ1v) is 8.25. The Labute approximate surface area is 148 Å². The monoisotopic (exact) mass is 349 g/mol. The fourth-order valence-electron chi connectivity index (χ4n) is 2.35. The second kappa shape index (κ2) is 8.04. The Bertz CT molecular complexity index is 621. The maximum Gasteiger partial charge on any atom is 0.410 e. The van der Waals surface area contributed by atoms with Crippen molar-refractivity contribution in [1.29, 1.82) is 0 Å². The zero-order chi connectivity index (χ0) is 18.4. The molecule has 0 atom stereocenters. The van der Waals surface area contributed by atoms with Crippen molar-refractivity contribution in [1.82, 2.24) is 20.5 Å². The van der Waals surface area contributed by atoms with Gasteiger partial charge in [-0.05, 0) is 26.8 Å². The van der Waals surface area contributed by atoms with E-state index in [1.54, 1.807) is 25.3 Å². The number of methoxy groups -OCH3 is 1. The van der Waals surface area contributed by atoms with Crippen LogP contribution in [0.5, 0.6) is 5.88 Å². The summed E-state index contributed by atoms with van der Waals surface area (Å²) >= 11 is 0. The summed E-state index contributed by atoms with van der Waals surface area (Å²) in [5.41, 5.74) is 0.465. The molecule has 8 nitrogen and oxygen atoms in total. The van der Waals surface area contributed by atoms with Crippen LogP contribution < -0.4 is 15.4 Å². The molecule has 1 fully saturated rings. The zero-order valence-electron chi connectivity index (χ0n) is 15.5. The molecular formula is C17H27N5O3. The summed E-state index contributed by atoms with van der Waals surface area (Å²) in [6.07, 6.45) is 1.41.